The maximum absolute atomic E-state index is 12.6. The average Bonchev–Trinajstić information content (AvgIpc) is 2.17. The normalized spacial score (nSPS) is 26.2. The highest BCUT2D eigenvalue weighted by atomic mass is 19.4. The molecule has 16 heavy (non-hydrogen) atoms. The number of hydrogen-bond donors (Lipinski definition) is 1. The lowest BCUT2D eigenvalue weighted by Gasteiger charge is -2.33. The van der Waals surface area contributed by atoms with Crippen LogP contribution in [0.25, 0.3) is 0 Å². The highest BCUT2D eigenvalue weighted by Gasteiger charge is 2.46. The summed E-state index contributed by atoms with van der Waals surface area (Å²) in [6, 6.07) is -0.840. The van der Waals surface area contributed by atoms with Gasteiger partial charge >= 0.3 is 12.3 Å². The second kappa shape index (κ2) is 5.41. The van der Waals surface area contributed by atoms with Crippen molar-refractivity contribution < 1.29 is 22.7 Å². The first-order valence-electron chi connectivity index (χ1n) is 5.45. The van der Waals surface area contributed by atoms with Crippen molar-refractivity contribution in [2.45, 2.75) is 44.8 Å². The minimum absolute atomic E-state index is 0.0839. The van der Waals surface area contributed by atoms with Gasteiger partial charge in [-0.15, -0.1) is 0 Å². The van der Waals surface area contributed by atoms with Gasteiger partial charge in [0.2, 0.25) is 0 Å². The number of alkyl halides is 3. The third-order valence-electron chi connectivity index (χ3n) is 2.77. The van der Waals surface area contributed by atoms with Crippen LogP contribution in [0.5, 0.6) is 0 Å². The van der Waals surface area contributed by atoms with E-state index in [1.54, 1.807) is 6.92 Å². The SMILES string of the molecule is CCOC(=O)NC1CCCCC1C(F)(F)F. The number of hydrogen-bond acceptors (Lipinski definition) is 2. The standard InChI is InChI=1S/C10H16F3NO2/c1-2-16-9(15)14-8-6-4-3-5-7(8)10(11,12)13/h7-8H,2-6H2,1H3,(H,14,15). The predicted molar refractivity (Wildman–Crippen MR) is 52.0 cm³/mol. The minimum Gasteiger partial charge on any atom is -0.450 e. The fourth-order valence-corrected chi connectivity index (χ4v) is 2.02. The van der Waals surface area contributed by atoms with E-state index in [0.717, 1.165) is 0 Å². The van der Waals surface area contributed by atoms with Gasteiger partial charge < -0.3 is 10.1 Å². The van der Waals surface area contributed by atoms with Crippen LogP contribution in [0.15, 0.2) is 0 Å². The molecule has 1 saturated carbocycles. The molecule has 1 fully saturated rings. The van der Waals surface area contributed by atoms with Crippen LogP contribution in [-0.4, -0.2) is 24.9 Å². The number of nitrogens with one attached hydrogen (secondary N) is 1. The summed E-state index contributed by atoms with van der Waals surface area (Å²) in [5, 5.41) is 2.30. The van der Waals surface area contributed by atoms with E-state index in [4.69, 9.17) is 0 Å². The first-order valence-corrected chi connectivity index (χ1v) is 5.45. The Morgan fingerprint density at radius 3 is 2.56 bits per heavy atom. The van der Waals surface area contributed by atoms with Crippen LogP contribution < -0.4 is 5.32 Å². The third kappa shape index (κ3) is 3.57. The molecule has 1 aliphatic rings. The number of halogens is 3. The number of amides is 1. The molecule has 0 aromatic rings. The van der Waals surface area contributed by atoms with Crippen LogP contribution in [-0.2, 0) is 4.74 Å². The highest BCUT2D eigenvalue weighted by molar-refractivity contribution is 5.67. The molecule has 0 saturated heterocycles. The van der Waals surface area contributed by atoms with Crippen molar-refractivity contribution in [2.24, 2.45) is 5.92 Å². The van der Waals surface area contributed by atoms with Crippen LogP contribution in [0.1, 0.15) is 32.6 Å². The fourth-order valence-electron chi connectivity index (χ4n) is 2.02. The molecule has 1 N–H and O–H groups in total. The molecule has 6 heteroatoms. The van der Waals surface area contributed by atoms with Gasteiger partial charge in [0.25, 0.3) is 0 Å². The zero-order chi connectivity index (χ0) is 12.2. The summed E-state index contributed by atoms with van der Waals surface area (Å²) in [5.74, 6) is -1.44. The number of rotatable bonds is 2. The van der Waals surface area contributed by atoms with Gasteiger partial charge in [0.1, 0.15) is 0 Å². The van der Waals surface area contributed by atoms with E-state index in [9.17, 15) is 18.0 Å². The predicted octanol–water partition coefficient (Wildman–Crippen LogP) is 2.85. The molecule has 1 rings (SSSR count). The lowest BCUT2D eigenvalue weighted by molar-refractivity contribution is -0.188. The number of carbonyl (C=O) groups excluding carboxylic acids is 1. The monoisotopic (exact) mass is 239 g/mol. The largest absolute Gasteiger partial charge is 0.450 e. The van der Waals surface area contributed by atoms with Crippen LogP contribution in [0, 0.1) is 5.92 Å². The topological polar surface area (TPSA) is 38.3 Å². The minimum atomic E-state index is -4.25. The summed E-state index contributed by atoms with van der Waals surface area (Å²) in [5.41, 5.74) is 0. The van der Waals surface area contributed by atoms with Crippen molar-refractivity contribution in [3.8, 4) is 0 Å². The Hall–Kier alpha value is -0.940. The van der Waals surface area contributed by atoms with E-state index in [2.05, 4.69) is 10.1 Å². The Balaban J connectivity index is 2.57. The zero-order valence-electron chi connectivity index (χ0n) is 9.14. The first-order chi connectivity index (χ1) is 7.45. The van der Waals surface area contributed by atoms with E-state index in [-0.39, 0.29) is 13.0 Å². The molecule has 0 aliphatic heterocycles. The molecular weight excluding hydrogens is 223 g/mol. The van der Waals surface area contributed by atoms with Crippen LogP contribution in [0.3, 0.4) is 0 Å². The second-order valence-electron chi connectivity index (χ2n) is 3.90. The average molecular weight is 239 g/mol. The highest BCUT2D eigenvalue weighted by Crippen LogP contribution is 2.37. The quantitative estimate of drug-likeness (QED) is 0.804. The van der Waals surface area contributed by atoms with E-state index in [1.165, 1.54) is 0 Å². The Morgan fingerprint density at radius 1 is 1.38 bits per heavy atom. The summed E-state index contributed by atoms with van der Waals surface area (Å²) < 4.78 is 42.5. The van der Waals surface area contributed by atoms with Gasteiger partial charge in [-0.3, -0.25) is 0 Å². The Labute approximate surface area is 92.3 Å². The molecule has 0 aromatic carbocycles. The molecule has 0 heterocycles. The summed E-state index contributed by atoms with van der Waals surface area (Å²) in [7, 11) is 0. The smallest absolute Gasteiger partial charge is 0.407 e. The van der Waals surface area contributed by atoms with E-state index in [0.29, 0.717) is 19.3 Å². The lowest BCUT2D eigenvalue weighted by atomic mass is 9.84. The van der Waals surface area contributed by atoms with Gasteiger partial charge in [-0.2, -0.15) is 13.2 Å². The van der Waals surface area contributed by atoms with E-state index in [1.807, 2.05) is 0 Å². The molecule has 0 aromatic heterocycles. The van der Waals surface area contributed by atoms with Crippen LogP contribution >= 0.6 is 0 Å². The molecule has 2 atom stereocenters. The fraction of sp³-hybridized carbons (Fsp3) is 0.900. The molecule has 0 spiro atoms. The van der Waals surface area contributed by atoms with Crippen molar-refractivity contribution >= 4 is 6.09 Å². The Bertz CT molecular complexity index is 243. The van der Waals surface area contributed by atoms with Crippen LogP contribution in [0.2, 0.25) is 0 Å². The van der Waals surface area contributed by atoms with E-state index < -0.39 is 24.2 Å². The summed E-state index contributed by atoms with van der Waals surface area (Å²) >= 11 is 0. The molecule has 0 bridgehead atoms. The molecule has 2 unspecified atom stereocenters. The van der Waals surface area contributed by atoms with E-state index >= 15 is 0 Å². The molecule has 94 valence electrons. The number of carbonyl (C=O) groups is 1. The molecule has 1 amide bonds. The lowest BCUT2D eigenvalue weighted by Crippen LogP contribution is -2.47. The van der Waals surface area contributed by atoms with Gasteiger partial charge in [-0.05, 0) is 19.8 Å². The van der Waals surface area contributed by atoms with Crippen molar-refractivity contribution in [1.82, 2.24) is 5.32 Å². The summed E-state index contributed by atoms with van der Waals surface area (Å²) in [6.07, 6.45) is -3.29. The molecule has 0 radical (unpaired) electrons. The van der Waals surface area contributed by atoms with Gasteiger partial charge in [0, 0.05) is 6.04 Å². The van der Waals surface area contributed by atoms with Crippen molar-refractivity contribution in [1.29, 1.82) is 0 Å². The third-order valence-corrected chi connectivity index (χ3v) is 2.77. The van der Waals surface area contributed by atoms with Crippen molar-refractivity contribution in [3.05, 3.63) is 0 Å². The second-order valence-corrected chi connectivity index (χ2v) is 3.90. The summed E-state index contributed by atoms with van der Waals surface area (Å²) in [4.78, 5) is 11.1. The Morgan fingerprint density at radius 2 is 2.00 bits per heavy atom. The van der Waals surface area contributed by atoms with Crippen molar-refractivity contribution in [2.75, 3.05) is 6.61 Å². The molecule has 1 aliphatic carbocycles. The van der Waals surface area contributed by atoms with Gasteiger partial charge in [0.05, 0.1) is 12.5 Å². The maximum atomic E-state index is 12.6. The van der Waals surface area contributed by atoms with Gasteiger partial charge in [0.15, 0.2) is 0 Å². The van der Waals surface area contributed by atoms with Gasteiger partial charge in [-0.25, -0.2) is 4.79 Å². The first kappa shape index (κ1) is 13.1. The number of alkyl carbamates (subject to hydrolysis) is 1. The van der Waals surface area contributed by atoms with Crippen LogP contribution in [0.4, 0.5) is 18.0 Å². The van der Waals surface area contributed by atoms with Crippen molar-refractivity contribution in [3.63, 3.8) is 0 Å². The van der Waals surface area contributed by atoms with Gasteiger partial charge in [-0.1, -0.05) is 12.8 Å². The maximum Gasteiger partial charge on any atom is 0.407 e. The molecular formula is C10H16F3NO2. The number of ether oxygens (including phenoxy) is 1. The zero-order valence-corrected chi connectivity index (χ0v) is 9.14. The Kier molecular flexibility index (Phi) is 4.44. The summed E-state index contributed by atoms with van der Waals surface area (Å²) in [6.45, 7) is 1.77. The molecule has 3 nitrogen and oxygen atoms in total.